The highest BCUT2D eigenvalue weighted by Crippen LogP contribution is 2.14. The highest BCUT2D eigenvalue weighted by atomic mass is 16.6. The topological polar surface area (TPSA) is 132 Å². The van der Waals surface area contributed by atoms with Crippen LogP contribution < -0.4 is 0 Å². The van der Waals surface area contributed by atoms with Crippen LogP contribution in [-0.4, -0.2) is 51.3 Å². The summed E-state index contributed by atoms with van der Waals surface area (Å²) in [5, 5.41) is 34.5. The fourth-order valence-electron chi connectivity index (χ4n) is 1.98. The second kappa shape index (κ2) is 16.7. The van der Waals surface area contributed by atoms with E-state index in [-0.39, 0.29) is 58.7 Å². The Morgan fingerprint density at radius 1 is 0.680 bits per heavy atom. The van der Waals surface area contributed by atoms with Crippen molar-refractivity contribution >= 4 is 0 Å². The van der Waals surface area contributed by atoms with E-state index in [0.29, 0.717) is 0 Å². The molecule has 0 aliphatic carbocycles. The van der Waals surface area contributed by atoms with E-state index < -0.39 is 18.3 Å². The van der Waals surface area contributed by atoms with Gasteiger partial charge in [-0.25, -0.2) is 0 Å². The molecule has 8 nitrogen and oxygen atoms in total. The maximum absolute atomic E-state index is 8.68. The summed E-state index contributed by atoms with van der Waals surface area (Å²) in [4.78, 5) is 0. The second-order valence-electron chi connectivity index (χ2n) is 5.03. The lowest BCUT2D eigenvalue weighted by Gasteiger charge is -2.31. The molecule has 8 heteroatoms. The van der Waals surface area contributed by atoms with E-state index in [4.69, 9.17) is 40.0 Å². The minimum Gasteiger partial charge on any atom is -0.378 e. The Bertz CT molecular complexity index is 501. The average molecular weight is 348 g/mol. The van der Waals surface area contributed by atoms with E-state index in [1.54, 1.807) is 6.92 Å². The van der Waals surface area contributed by atoms with E-state index in [2.05, 4.69) is 0 Å². The molecule has 0 aliphatic heterocycles. The summed E-state index contributed by atoms with van der Waals surface area (Å²) >= 11 is 0. The number of nitriles is 4. The van der Waals surface area contributed by atoms with Gasteiger partial charge in [0.05, 0.1) is 89.1 Å². The molecule has 3 atom stereocenters. The van der Waals surface area contributed by atoms with Gasteiger partial charge in [-0.2, -0.15) is 21.0 Å². The predicted molar refractivity (Wildman–Crippen MR) is 86.6 cm³/mol. The molecule has 0 heterocycles. The Hall–Kier alpha value is -2.20. The smallest absolute Gasteiger partial charge is 0.112 e. The number of rotatable bonds is 15. The van der Waals surface area contributed by atoms with Crippen molar-refractivity contribution in [1.29, 1.82) is 21.0 Å². The van der Waals surface area contributed by atoms with Crippen molar-refractivity contribution < 1.29 is 18.9 Å². The second-order valence-corrected chi connectivity index (χ2v) is 5.03. The van der Waals surface area contributed by atoms with Gasteiger partial charge in [-0.05, 0) is 6.92 Å². The van der Waals surface area contributed by atoms with Crippen LogP contribution in [0.3, 0.4) is 0 Å². The third-order valence-electron chi connectivity index (χ3n) is 3.13. The minimum absolute atomic E-state index is 0.177. The Morgan fingerprint density at radius 2 is 1.16 bits per heavy atom. The summed E-state index contributed by atoms with van der Waals surface area (Å²) in [5.74, 6) is 0. The summed E-state index contributed by atoms with van der Waals surface area (Å²) in [7, 11) is 0. The molecule has 0 N–H and O–H groups in total. The first kappa shape index (κ1) is 22.8. The van der Waals surface area contributed by atoms with Crippen LogP contribution in [0.2, 0.25) is 0 Å². The van der Waals surface area contributed by atoms with Gasteiger partial charge in [0.25, 0.3) is 0 Å². The van der Waals surface area contributed by atoms with Gasteiger partial charge in [0, 0.05) is 0 Å². The molecule has 0 amide bonds. The Labute approximate surface area is 149 Å². The molecule has 0 aromatic carbocycles. The molecule has 25 heavy (non-hydrogen) atoms. The van der Waals surface area contributed by atoms with Gasteiger partial charge in [-0.3, -0.25) is 0 Å². The fraction of sp³-hybridized carbons (Fsp3) is 0.765. The molecular formula is C17H24N4O4. The highest BCUT2D eigenvalue weighted by Gasteiger charge is 2.29. The monoisotopic (exact) mass is 348 g/mol. The van der Waals surface area contributed by atoms with Crippen LogP contribution in [-0.2, 0) is 18.9 Å². The first-order chi connectivity index (χ1) is 12.2. The summed E-state index contributed by atoms with van der Waals surface area (Å²) < 4.78 is 22.5. The van der Waals surface area contributed by atoms with Crippen LogP contribution in [0.15, 0.2) is 0 Å². The molecule has 0 aromatic heterocycles. The molecule has 3 unspecified atom stereocenters. The maximum Gasteiger partial charge on any atom is 0.112 e. The van der Waals surface area contributed by atoms with Crippen LogP contribution in [0.4, 0.5) is 0 Å². The Kier molecular flexibility index (Phi) is 15.2. The third kappa shape index (κ3) is 11.9. The Balaban J connectivity index is 4.85. The van der Waals surface area contributed by atoms with Crippen molar-refractivity contribution in [2.45, 2.75) is 50.9 Å². The number of hydrogen-bond donors (Lipinski definition) is 0. The summed E-state index contributed by atoms with van der Waals surface area (Å²) in [5.41, 5.74) is 0. The standard InChI is InChI=1S/C17H24N4O4/c1-15(23-11-3-7-19)17(25-13-5-9-21)16(24-12-4-8-20)14-22-10-2-6-18/h15-17H,2-5,10-14H2,1H3. The van der Waals surface area contributed by atoms with Crippen molar-refractivity contribution in [1.82, 2.24) is 0 Å². The summed E-state index contributed by atoms with van der Waals surface area (Å²) in [6.45, 7) is 2.93. The van der Waals surface area contributed by atoms with E-state index in [9.17, 15) is 0 Å². The molecule has 0 aromatic rings. The third-order valence-corrected chi connectivity index (χ3v) is 3.13. The SMILES string of the molecule is CC(OCCC#N)C(OCCC#N)C(COCCC#N)OCCC#N. The molecule has 136 valence electrons. The van der Waals surface area contributed by atoms with Crippen molar-refractivity contribution in [2.24, 2.45) is 0 Å². The highest BCUT2D eigenvalue weighted by molar-refractivity contribution is 4.81. The minimum atomic E-state index is -0.521. The zero-order valence-electron chi connectivity index (χ0n) is 14.5. The molecule has 0 saturated heterocycles. The van der Waals surface area contributed by atoms with Gasteiger partial charge in [0.15, 0.2) is 0 Å². The molecular weight excluding hydrogens is 324 g/mol. The number of nitrogens with zero attached hydrogens (tertiary/aromatic N) is 4. The number of ether oxygens (including phenoxy) is 4. The van der Waals surface area contributed by atoms with Gasteiger partial charge >= 0.3 is 0 Å². The molecule has 0 aliphatic rings. The molecule has 0 bridgehead atoms. The lowest BCUT2D eigenvalue weighted by molar-refractivity contribution is -0.149. The van der Waals surface area contributed by atoms with E-state index in [1.807, 2.05) is 24.3 Å². The van der Waals surface area contributed by atoms with Crippen molar-refractivity contribution in [3.8, 4) is 24.3 Å². The molecule has 0 radical (unpaired) electrons. The molecule has 0 spiro atoms. The maximum atomic E-state index is 8.68. The Morgan fingerprint density at radius 3 is 1.72 bits per heavy atom. The largest absolute Gasteiger partial charge is 0.378 e. The van der Waals surface area contributed by atoms with Gasteiger partial charge in [0.1, 0.15) is 12.2 Å². The fourth-order valence-corrected chi connectivity index (χ4v) is 1.98. The zero-order chi connectivity index (χ0) is 18.8. The quantitative estimate of drug-likeness (QED) is 0.409. The average Bonchev–Trinajstić information content (AvgIpc) is 2.61. The number of hydrogen-bond acceptors (Lipinski definition) is 8. The first-order valence-electron chi connectivity index (χ1n) is 8.11. The normalized spacial score (nSPS) is 13.6. The summed E-state index contributed by atoms with van der Waals surface area (Å²) in [6, 6.07) is 8.00. The zero-order valence-corrected chi connectivity index (χ0v) is 14.5. The lowest BCUT2D eigenvalue weighted by atomic mass is 10.1. The van der Waals surface area contributed by atoms with Gasteiger partial charge in [-0.1, -0.05) is 0 Å². The van der Waals surface area contributed by atoms with Crippen molar-refractivity contribution in [3.05, 3.63) is 0 Å². The van der Waals surface area contributed by atoms with Crippen LogP contribution in [0, 0.1) is 45.3 Å². The van der Waals surface area contributed by atoms with Crippen molar-refractivity contribution in [3.63, 3.8) is 0 Å². The van der Waals surface area contributed by atoms with Crippen LogP contribution in [0.5, 0.6) is 0 Å². The summed E-state index contributed by atoms with van der Waals surface area (Å²) in [6.07, 6.45) is -0.452. The van der Waals surface area contributed by atoms with Crippen molar-refractivity contribution in [2.75, 3.05) is 33.0 Å². The van der Waals surface area contributed by atoms with Crippen LogP contribution in [0.25, 0.3) is 0 Å². The lowest BCUT2D eigenvalue weighted by Crippen LogP contribution is -2.44. The van der Waals surface area contributed by atoms with E-state index in [1.165, 1.54) is 0 Å². The van der Waals surface area contributed by atoms with Gasteiger partial charge < -0.3 is 18.9 Å². The molecule has 0 fully saturated rings. The molecule has 0 saturated carbocycles. The van der Waals surface area contributed by atoms with Gasteiger partial charge in [0.2, 0.25) is 0 Å². The van der Waals surface area contributed by atoms with Crippen LogP contribution in [0.1, 0.15) is 32.6 Å². The first-order valence-corrected chi connectivity index (χ1v) is 8.11. The van der Waals surface area contributed by atoms with Gasteiger partial charge in [-0.15, -0.1) is 0 Å². The molecule has 0 rings (SSSR count). The van der Waals surface area contributed by atoms with E-state index in [0.717, 1.165) is 0 Å². The van der Waals surface area contributed by atoms with Crippen LogP contribution >= 0.6 is 0 Å². The predicted octanol–water partition coefficient (Wildman–Crippen LogP) is 1.83. The van der Waals surface area contributed by atoms with E-state index >= 15 is 0 Å².